The average Bonchev–Trinajstić information content (AvgIpc) is 2.90. The number of carbonyl (C=O) groups is 1. The first-order valence-electron chi connectivity index (χ1n) is 6.21. The zero-order chi connectivity index (χ0) is 14.8. The number of para-hydroxylation sites is 1. The molecule has 0 aliphatic rings. The largest absolute Gasteiger partial charge is 0.453 e. The lowest BCUT2D eigenvalue weighted by Crippen LogP contribution is -2.04. The Morgan fingerprint density at radius 3 is 2.62 bits per heavy atom. The molecule has 0 aliphatic carbocycles. The number of rotatable bonds is 4. The second kappa shape index (κ2) is 5.36. The third-order valence-electron chi connectivity index (χ3n) is 2.97. The Labute approximate surface area is 118 Å². The SMILES string of the molecule is O=C(c1cccc(OC(F)F)c1)c1cc2ccccc2o1. The van der Waals surface area contributed by atoms with E-state index in [9.17, 15) is 13.6 Å². The molecule has 3 aromatic rings. The van der Waals surface area contributed by atoms with Gasteiger partial charge in [-0.05, 0) is 24.3 Å². The number of halogens is 2. The monoisotopic (exact) mass is 288 g/mol. The Hall–Kier alpha value is -2.69. The van der Waals surface area contributed by atoms with E-state index in [2.05, 4.69) is 4.74 Å². The first kappa shape index (κ1) is 13.3. The number of furan rings is 1. The molecule has 0 saturated carbocycles. The van der Waals surface area contributed by atoms with E-state index in [1.54, 1.807) is 18.2 Å². The van der Waals surface area contributed by atoms with Crippen LogP contribution in [0.4, 0.5) is 8.78 Å². The maximum atomic E-state index is 12.3. The average molecular weight is 288 g/mol. The van der Waals surface area contributed by atoms with E-state index in [4.69, 9.17) is 4.42 Å². The molecule has 0 unspecified atom stereocenters. The quantitative estimate of drug-likeness (QED) is 0.673. The fraction of sp³-hybridized carbons (Fsp3) is 0.0625. The summed E-state index contributed by atoms with van der Waals surface area (Å²) in [4.78, 5) is 12.3. The van der Waals surface area contributed by atoms with Gasteiger partial charge in [-0.25, -0.2) is 0 Å². The standard InChI is InChI=1S/C16H10F2O3/c17-16(18)20-12-6-3-5-11(8-12)15(19)14-9-10-4-1-2-7-13(10)21-14/h1-9,16H. The molecule has 0 N–H and O–H groups in total. The van der Waals surface area contributed by atoms with E-state index in [0.717, 1.165) is 5.39 Å². The molecule has 2 aromatic carbocycles. The summed E-state index contributed by atoms with van der Waals surface area (Å²) in [6.07, 6.45) is 0. The minimum Gasteiger partial charge on any atom is -0.453 e. The Morgan fingerprint density at radius 2 is 1.86 bits per heavy atom. The van der Waals surface area contributed by atoms with Crippen molar-refractivity contribution in [3.8, 4) is 5.75 Å². The number of fused-ring (bicyclic) bond motifs is 1. The molecule has 0 aliphatic heterocycles. The van der Waals surface area contributed by atoms with Gasteiger partial charge in [0.2, 0.25) is 5.78 Å². The topological polar surface area (TPSA) is 39.4 Å². The maximum Gasteiger partial charge on any atom is 0.387 e. The molecule has 0 atom stereocenters. The van der Waals surface area contributed by atoms with Gasteiger partial charge in [0.15, 0.2) is 5.76 Å². The van der Waals surface area contributed by atoms with Gasteiger partial charge < -0.3 is 9.15 Å². The second-order valence-corrected chi connectivity index (χ2v) is 4.38. The Morgan fingerprint density at radius 1 is 1.05 bits per heavy atom. The normalized spacial score (nSPS) is 11.0. The number of ketones is 1. The third kappa shape index (κ3) is 2.76. The number of hydrogen-bond donors (Lipinski definition) is 0. The fourth-order valence-corrected chi connectivity index (χ4v) is 2.05. The van der Waals surface area contributed by atoms with E-state index in [-0.39, 0.29) is 22.9 Å². The van der Waals surface area contributed by atoms with Crippen LogP contribution >= 0.6 is 0 Å². The van der Waals surface area contributed by atoms with Gasteiger partial charge in [-0.15, -0.1) is 0 Å². The number of hydrogen-bond acceptors (Lipinski definition) is 3. The van der Waals surface area contributed by atoms with Gasteiger partial charge in [0.1, 0.15) is 11.3 Å². The highest BCUT2D eigenvalue weighted by atomic mass is 19.3. The molecule has 21 heavy (non-hydrogen) atoms. The summed E-state index contributed by atoms with van der Waals surface area (Å²) in [6, 6.07) is 14.5. The van der Waals surface area contributed by atoms with Crippen LogP contribution < -0.4 is 4.74 Å². The highest BCUT2D eigenvalue weighted by Gasteiger charge is 2.15. The predicted octanol–water partition coefficient (Wildman–Crippen LogP) is 4.27. The Balaban J connectivity index is 1.94. The van der Waals surface area contributed by atoms with E-state index in [1.165, 1.54) is 24.3 Å². The highest BCUT2D eigenvalue weighted by Crippen LogP contribution is 2.23. The van der Waals surface area contributed by atoms with Crippen molar-refractivity contribution >= 4 is 16.8 Å². The van der Waals surface area contributed by atoms with E-state index >= 15 is 0 Å². The van der Waals surface area contributed by atoms with Gasteiger partial charge in [0.05, 0.1) is 0 Å². The van der Waals surface area contributed by atoms with Gasteiger partial charge >= 0.3 is 6.61 Å². The predicted molar refractivity (Wildman–Crippen MR) is 72.7 cm³/mol. The Bertz CT molecular complexity index is 760. The van der Waals surface area contributed by atoms with Crippen LogP contribution in [0.15, 0.2) is 59.0 Å². The van der Waals surface area contributed by atoms with Crippen LogP contribution in [0.25, 0.3) is 11.0 Å². The van der Waals surface area contributed by atoms with Crippen molar-refractivity contribution in [2.24, 2.45) is 0 Å². The fourth-order valence-electron chi connectivity index (χ4n) is 2.05. The summed E-state index contributed by atoms with van der Waals surface area (Å²) in [7, 11) is 0. The molecule has 5 heteroatoms. The van der Waals surface area contributed by atoms with Crippen LogP contribution in [-0.4, -0.2) is 12.4 Å². The van der Waals surface area contributed by atoms with E-state index in [0.29, 0.717) is 5.58 Å². The van der Waals surface area contributed by atoms with Gasteiger partial charge in [-0.2, -0.15) is 8.78 Å². The van der Waals surface area contributed by atoms with E-state index in [1.807, 2.05) is 12.1 Å². The van der Waals surface area contributed by atoms with Gasteiger partial charge in [0, 0.05) is 10.9 Å². The smallest absolute Gasteiger partial charge is 0.387 e. The second-order valence-electron chi connectivity index (χ2n) is 4.38. The molecule has 0 fully saturated rings. The van der Waals surface area contributed by atoms with Gasteiger partial charge in [0.25, 0.3) is 0 Å². The summed E-state index contributed by atoms with van der Waals surface area (Å²) in [6.45, 7) is -2.93. The lowest BCUT2D eigenvalue weighted by molar-refractivity contribution is -0.0498. The summed E-state index contributed by atoms with van der Waals surface area (Å²) in [5, 5.41) is 0.806. The summed E-state index contributed by atoms with van der Waals surface area (Å²) in [5.74, 6) is -0.289. The van der Waals surface area contributed by atoms with Crippen molar-refractivity contribution < 1.29 is 22.7 Å². The molecule has 1 aromatic heterocycles. The molecular formula is C16H10F2O3. The van der Waals surface area contributed by atoms with Crippen molar-refractivity contribution in [2.75, 3.05) is 0 Å². The molecule has 0 saturated heterocycles. The molecule has 106 valence electrons. The molecule has 0 radical (unpaired) electrons. The van der Waals surface area contributed by atoms with Crippen molar-refractivity contribution in [1.82, 2.24) is 0 Å². The summed E-state index contributed by atoms with van der Waals surface area (Å²) >= 11 is 0. The number of ether oxygens (including phenoxy) is 1. The Kier molecular flexibility index (Phi) is 3.39. The van der Waals surface area contributed by atoms with Crippen molar-refractivity contribution in [3.63, 3.8) is 0 Å². The minimum absolute atomic E-state index is 0.0630. The first-order chi connectivity index (χ1) is 10.1. The number of carbonyl (C=O) groups excluding carboxylic acids is 1. The molecule has 3 nitrogen and oxygen atoms in total. The van der Waals surface area contributed by atoms with Crippen molar-refractivity contribution in [3.05, 3.63) is 65.9 Å². The van der Waals surface area contributed by atoms with E-state index < -0.39 is 6.61 Å². The third-order valence-corrected chi connectivity index (χ3v) is 2.97. The number of benzene rings is 2. The van der Waals surface area contributed by atoms with Crippen molar-refractivity contribution in [1.29, 1.82) is 0 Å². The summed E-state index contributed by atoms with van der Waals surface area (Å²) < 4.78 is 34.1. The zero-order valence-electron chi connectivity index (χ0n) is 10.8. The van der Waals surface area contributed by atoms with Crippen LogP contribution in [0.5, 0.6) is 5.75 Å². The van der Waals surface area contributed by atoms with Crippen molar-refractivity contribution in [2.45, 2.75) is 6.61 Å². The molecule has 0 bridgehead atoms. The van der Waals surface area contributed by atoms with Gasteiger partial charge in [-0.1, -0.05) is 30.3 Å². The van der Waals surface area contributed by atoms with Crippen LogP contribution in [0, 0.1) is 0 Å². The maximum absolute atomic E-state index is 12.3. The molecular weight excluding hydrogens is 278 g/mol. The van der Waals surface area contributed by atoms with Crippen LogP contribution in [0.2, 0.25) is 0 Å². The zero-order valence-corrected chi connectivity index (χ0v) is 10.8. The molecule has 3 rings (SSSR count). The molecule has 1 heterocycles. The lowest BCUT2D eigenvalue weighted by atomic mass is 10.1. The van der Waals surface area contributed by atoms with Crippen LogP contribution in [0.3, 0.4) is 0 Å². The molecule has 0 spiro atoms. The van der Waals surface area contributed by atoms with Crippen LogP contribution in [-0.2, 0) is 0 Å². The van der Waals surface area contributed by atoms with Crippen LogP contribution in [0.1, 0.15) is 16.1 Å². The highest BCUT2D eigenvalue weighted by molar-refractivity contribution is 6.09. The number of alkyl halides is 2. The minimum atomic E-state index is -2.93. The first-order valence-corrected chi connectivity index (χ1v) is 6.21. The molecule has 0 amide bonds. The van der Waals surface area contributed by atoms with Gasteiger partial charge in [-0.3, -0.25) is 4.79 Å². The summed E-state index contributed by atoms with van der Waals surface area (Å²) in [5.41, 5.74) is 0.827. The lowest BCUT2D eigenvalue weighted by Gasteiger charge is -2.05.